The van der Waals surface area contributed by atoms with Crippen molar-refractivity contribution < 1.29 is 14.3 Å². The second-order valence-electron chi connectivity index (χ2n) is 7.06. The quantitative estimate of drug-likeness (QED) is 0.540. The molecule has 7 heteroatoms. The molecule has 0 aromatic heterocycles. The van der Waals surface area contributed by atoms with Crippen molar-refractivity contribution in [3.8, 4) is 5.75 Å². The lowest BCUT2D eigenvalue weighted by atomic mass is 9.97. The van der Waals surface area contributed by atoms with Crippen molar-refractivity contribution in [2.75, 3.05) is 47.0 Å². The Morgan fingerprint density at radius 2 is 1.80 bits per heavy atom. The number of nitrogens with zero attached hydrogens (tertiary/aromatic N) is 2. The van der Waals surface area contributed by atoms with Crippen LogP contribution in [0.25, 0.3) is 0 Å². The zero-order chi connectivity index (χ0) is 21.2. The van der Waals surface area contributed by atoms with Crippen LogP contribution in [0.15, 0.2) is 59.6 Å². The standard InChI is InChI=1S/C23H30N4O3/c1-24-23(25-16-18-8-10-20(29-2)11-9-18)26-17-21(19-6-4-3-5-7-19)22(28)27-12-14-30-15-13-27/h3-11,21H,12-17H2,1-2H3,(H2,24,25,26). The topological polar surface area (TPSA) is 75.2 Å². The number of ether oxygens (including phenoxy) is 2. The van der Waals surface area contributed by atoms with Crippen LogP contribution in [0.1, 0.15) is 17.0 Å². The highest BCUT2D eigenvalue weighted by Gasteiger charge is 2.27. The maximum atomic E-state index is 13.2. The lowest BCUT2D eigenvalue weighted by Crippen LogP contribution is -2.47. The zero-order valence-corrected chi connectivity index (χ0v) is 17.6. The molecule has 0 saturated carbocycles. The van der Waals surface area contributed by atoms with E-state index in [1.165, 1.54) is 0 Å². The Kier molecular flexibility index (Phi) is 8.09. The lowest BCUT2D eigenvalue weighted by Gasteiger charge is -2.31. The van der Waals surface area contributed by atoms with Crippen LogP contribution in [0.4, 0.5) is 0 Å². The first-order chi connectivity index (χ1) is 14.7. The largest absolute Gasteiger partial charge is 0.497 e. The van der Waals surface area contributed by atoms with Crippen molar-refractivity contribution in [1.82, 2.24) is 15.5 Å². The number of methoxy groups -OCH3 is 1. The molecule has 1 saturated heterocycles. The lowest BCUT2D eigenvalue weighted by molar-refractivity contribution is -0.136. The smallest absolute Gasteiger partial charge is 0.232 e. The maximum absolute atomic E-state index is 13.2. The van der Waals surface area contributed by atoms with Gasteiger partial charge in [-0.2, -0.15) is 0 Å². The van der Waals surface area contributed by atoms with Gasteiger partial charge in [-0.05, 0) is 23.3 Å². The summed E-state index contributed by atoms with van der Waals surface area (Å²) in [6, 6.07) is 17.8. The third-order valence-electron chi connectivity index (χ3n) is 5.14. The van der Waals surface area contributed by atoms with Crippen molar-refractivity contribution in [3.05, 3.63) is 65.7 Å². The van der Waals surface area contributed by atoms with Crippen molar-refractivity contribution in [1.29, 1.82) is 0 Å². The summed E-state index contributed by atoms with van der Waals surface area (Å²) in [6.45, 7) is 3.52. The highest BCUT2D eigenvalue weighted by atomic mass is 16.5. The van der Waals surface area contributed by atoms with E-state index in [4.69, 9.17) is 9.47 Å². The van der Waals surface area contributed by atoms with Crippen molar-refractivity contribution in [2.24, 2.45) is 4.99 Å². The average Bonchev–Trinajstić information content (AvgIpc) is 2.82. The van der Waals surface area contributed by atoms with Gasteiger partial charge in [-0.25, -0.2) is 0 Å². The summed E-state index contributed by atoms with van der Waals surface area (Å²) in [5, 5.41) is 6.62. The highest BCUT2D eigenvalue weighted by Crippen LogP contribution is 2.19. The van der Waals surface area contributed by atoms with Gasteiger partial charge in [0.1, 0.15) is 5.75 Å². The first-order valence-corrected chi connectivity index (χ1v) is 10.2. The predicted molar refractivity (Wildman–Crippen MR) is 118 cm³/mol. The molecular weight excluding hydrogens is 380 g/mol. The Labute approximate surface area is 178 Å². The van der Waals surface area contributed by atoms with Gasteiger partial charge in [0, 0.05) is 33.2 Å². The van der Waals surface area contributed by atoms with E-state index < -0.39 is 0 Å². The molecule has 1 fully saturated rings. The van der Waals surface area contributed by atoms with Gasteiger partial charge in [0.05, 0.1) is 26.2 Å². The molecule has 1 unspecified atom stereocenters. The van der Waals surface area contributed by atoms with Gasteiger partial charge in [0.2, 0.25) is 5.91 Å². The van der Waals surface area contributed by atoms with Crippen LogP contribution in [-0.2, 0) is 16.1 Å². The van der Waals surface area contributed by atoms with E-state index in [0.717, 1.165) is 16.9 Å². The monoisotopic (exact) mass is 410 g/mol. The molecule has 3 rings (SSSR count). The summed E-state index contributed by atoms with van der Waals surface area (Å²) in [5.74, 6) is 1.31. The van der Waals surface area contributed by atoms with Crippen molar-refractivity contribution >= 4 is 11.9 Å². The van der Waals surface area contributed by atoms with E-state index in [2.05, 4.69) is 15.6 Å². The summed E-state index contributed by atoms with van der Waals surface area (Å²) in [6.07, 6.45) is 0. The molecule has 1 aliphatic rings. The van der Waals surface area contributed by atoms with Gasteiger partial charge >= 0.3 is 0 Å². The van der Waals surface area contributed by atoms with Crippen LogP contribution in [0.5, 0.6) is 5.75 Å². The average molecular weight is 411 g/mol. The fourth-order valence-electron chi connectivity index (χ4n) is 3.39. The van der Waals surface area contributed by atoms with Gasteiger partial charge in [-0.15, -0.1) is 0 Å². The fraction of sp³-hybridized carbons (Fsp3) is 0.391. The predicted octanol–water partition coefficient (Wildman–Crippen LogP) is 2.00. The van der Waals surface area contributed by atoms with E-state index in [1.54, 1.807) is 14.2 Å². The zero-order valence-electron chi connectivity index (χ0n) is 17.6. The second-order valence-corrected chi connectivity index (χ2v) is 7.06. The molecule has 2 aromatic carbocycles. The number of carbonyl (C=O) groups excluding carboxylic acids is 1. The molecule has 2 N–H and O–H groups in total. The molecule has 0 bridgehead atoms. The molecule has 0 radical (unpaired) electrons. The number of amides is 1. The summed E-state index contributed by atoms with van der Waals surface area (Å²) in [5.41, 5.74) is 2.11. The molecule has 1 aliphatic heterocycles. The maximum Gasteiger partial charge on any atom is 0.232 e. The minimum absolute atomic E-state index is 0.114. The van der Waals surface area contributed by atoms with Crippen LogP contribution in [-0.4, -0.2) is 63.8 Å². The third-order valence-corrected chi connectivity index (χ3v) is 5.14. The van der Waals surface area contributed by atoms with Crippen LogP contribution < -0.4 is 15.4 Å². The Balaban J connectivity index is 1.62. The number of nitrogens with one attached hydrogen (secondary N) is 2. The number of guanidine groups is 1. The number of aliphatic imine (C=N–C) groups is 1. The minimum atomic E-state index is -0.288. The van der Waals surface area contributed by atoms with Crippen molar-refractivity contribution in [2.45, 2.75) is 12.5 Å². The van der Waals surface area contributed by atoms with Gasteiger partial charge in [0.25, 0.3) is 0 Å². The van der Waals surface area contributed by atoms with Crippen LogP contribution in [0.2, 0.25) is 0 Å². The van der Waals surface area contributed by atoms with E-state index in [0.29, 0.717) is 45.4 Å². The second kappa shape index (κ2) is 11.2. The Morgan fingerprint density at radius 3 is 2.43 bits per heavy atom. The van der Waals surface area contributed by atoms with Crippen LogP contribution in [0, 0.1) is 0 Å². The van der Waals surface area contributed by atoms with E-state index >= 15 is 0 Å². The molecule has 1 heterocycles. The molecule has 0 aliphatic carbocycles. The molecular formula is C23H30N4O3. The Hall–Kier alpha value is -3.06. The molecule has 1 amide bonds. The highest BCUT2D eigenvalue weighted by molar-refractivity contribution is 5.86. The van der Waals surface area contributed by atoms with Crippen LogP contribution >= 0.6 is 0 Å². The molecule has 7 nitrogen and oxygen atoms in total. The minimum Gasteiger partial charge on any atom is -0.497 e. The number of hydrogen-bond acceptors (Lipinski definition) is 4. The van der Waals surface area contributed by atoms with Gasteiger partial charge in [-0.1, -0.05) is 42.5 Å². The van der Waals surface area contributed by atoms with E-state index in [-0.39, 0.29) is 11.8 Å². The summed E-state index contributed by atoms with van der Waals surface area (Å²) < 4.78 is 10.6. The first-order valence-electron chi connectivity index (χ1n) is 10.2. The number of rotatable bonds is 7. The normalized spacial score (nSPS) is 15.4. The number of hydrogen-bond donors (Lipinski definition) is 2. The van der Waals surface area contributed by atoms with Crippen molar-refractivity contribution in [3.63, 3.8) is 0 Å². The molecule has 0 spiro atoms. The van der Waals surface area contributed by atoms with E-state index in [9.17, 15) is 4.79 Å². The van der Waals surface area contributed by atoms with Gasteiger partial charge in [-0.3, -0.25) is 9.79 Å². The first kappa shape index (κ1) is 21.6. The molecule has 2 aromatic rings. The van der Waals surface area contributed by atoms with E-state index in [1.807, 2.05) is 59.5 Å². The Morgan fingerprint density at radius 1 is 1.10 bits per heavy atom. The molecule has 1 atom stereocenters. The van der Waals surface area contributed by atoms with Gasteiger partial charge in [0.15, 0.2) is 5.96 Å². The SMILES string of the molecule is CN=C(NCc1ccc(OC)cc1)NCC(C(=O)N1CCOCC1)c1ccccc1. The third kappa shape index (κ3) is 5.97. The number of carbonyl (C=O) groups is 1. The number of morpholine rings is 1. The number of benzene rings is 2. The fourth-order valence-corrected chi connectivity index (χ4v) is 3.39. The van der Waals surface area contributed by atoms with Crippen LogP contribution in [0.3, 0.4) is 0 Å². The summed E-state index contributed by atoms with van der Waals surface area (Å²) in [4.78, 5) is 19.4. The van der Waals surface area contributed by atoms with Gasteiger partial charge < -0.3 is 25.0 Å². The molecule has 160 valence electrons. The molecule has 30 heavy (non-hydrogen) atoms. The summed E-state index contributed by atoms with van der Waals surface area (Å²) >= 11 is 0. The Bertz CT molecular complexity index is 818. The summed E-state index contributed by atoms with van der Waals surface area (Å²) in [7, 11) is 3.38.